The van der Waals surface area contributed by atoms with Gasteiger partial charge in [0.1, 0.15) is 5.82 Å². The van der Waals surface area contributed by atoms with Crippen molar-refractivity contribution in [2.45, 2.75) is 6.92 Å². The maximum atomic E-state index is 10.0. The fourth-order valence-electron chi connectivity index (χ4n) is 0.825. The number of hydrogen-bond acceptors (Lipinski definition) is 4. The fraction of sp³-hybridized carbons (Fsp3) is 0.111. The Balaban J connectivity index is 0.00000169. The van der Waals surface area contributed by atoms with Gasteiger partial charge in [-0.3, -0.25) is 0 Å². The number of carbonyl (C=O) groups is 1. The molecule has 0 bridgehead atoms. The molecule has 0 aliphatic carbocycles. The first kappa shape index (κ1) is 13.2. The maximum absolute atomic E-state index is 10.0. The largest absolute Gasteiger partial charge is 1.00 e. The molecule has 0 atom stereocenters. The van der Waals surface area contributed by atoms with Gasteiger partial charge in [-0.15, -0.1) is 0 Å². The van der Waals surface area contributed by atoms with Crippen molar-refractivity contribution < 1.29 is 39.5 Å². The van der Waals surface area contributed by atoms with Crippen LogP contribution in [-0.2, 0) is 4.79 Å². The van der Waals surface area contributed by atoms with E-state index in [1.165, 1.54) is 6.20 Å². The van der Waals surface area contributed by atoms with Gasteiger partial charge in [0.05, 0.1) is 5.97 Å². The van der Waals surface area contributed by atoms with Gasteiger partial charge in [0.15, 0.2) is 0 Å². The molecule has 1 aromatic rings. The van der Waals surface area contributed by atoms with E-state index in [4.69, 9.17) is 0 Å². The van der Waals surface area contributed by atoms with Crippen LogP contribution >= 0.6 is 0 Å². The molecule has 1 rings (SSSR count). The van der Waals surface area contributed by atoms with Crippen LogP contribution in [0.15, 0.2) is 30.6 Å². The van der Waals surface area contributed by atoms with Crippen LogP contribution in [0, 0.1) is 6.92 Å². The Morgan fingerprint density at radius 2 is 2.36 bits per heavy atom. The zero-order valence-corrected chi connectivity index (χ0v) is 10.2. The van der Waals surface area contributed by atoms with E-state index in [2.05, 4.69) is 10.3 Å². The molecule has 4 nitrogen and oxygen atoms in total. The van der Waals surface area contributed by atoms with Gasteiger partial charge in [0, 0.05) is 12.4 Å². The van der Waals surface area contributed by atoms with Gasteiger partial charge in [-0.25, -0.2) is 4.98 Å². The van der Waals surface area contributed by atoms with Crippen molar-refractivity contribution in [3.05, 3.63) is 36.2 Å². The van der Waals surface area contributed by atoms with E-state index in [9.17, 15) is 9.90 Å². The number of hydrogen-bond donors (Lipinski definition) is 1. The molecule has 0 spiro atoms. The second-order valence-corrected chi connectivity index (χ2v) is 2.47. The number of anilines is 1. The Kier molecular flexibility index (Phi) is 6.19. The number of pyridine rings is 1. The molecule has 68 valence electrons. The Morgan fingerprint density at radius 3 is 2.93 bits per heavy atom. The summed E-state index contributed by atoms with van der Waals surface area (Å²) in [7, 11) is 0. The molecule has 0 radical (unpaired) electrons. The molecule has 0 amide bonds. The van der Waals surface area contributed by atoms with Crippen LogP contribution in [-0.4, -0.2) is 11.0 Å². The van der Waals surface area contributed by atoms with E-state index in [1.54, 1.807) is 6.20 Å². The molecule has 1 aromatic heterocycles. The molecule has 0 saturated carbocycles. The zero-order chi connectivity index (χ0) is 9.68. The van der Waals surface area contributed by atoms with E-state index in [1.807, 2.05) is 19.1 Å². The van der Waals surface area contributed by atoms with Crippen molar-refractivity contribution in [3.63, 3.8) is 0 Å². The summed E-state index contributed by atoms with van der Waals surface area (Å²) in [5, 5.41) is 12.7. The third kappa shape index (κ3) is 4.41. The predicted molar refractivity (Wildman–Crippen MR) is 46.7 cm³/mol. The number of nitrogens with one attached hydrogen (secondary N) is 1. The van der Waals surface area contributed by atoms with Crippen LogP contribution in [0.2, 0.25) is 0 Å². The molecule has 1 heterocycles. The number of aliphatic carboxylic acids is 1. The topological polar surface area (TPSA) is 65.0 Å². The monoisotopic (exact) mass is 200 g/mol. The zero-order valence-electron chi connectivity index (χ0n) is 8.15. The van der Waals surface area contributed by atoms with Crippen molar-refractivity contribution in [3.8, 4) is 0 Å². The molecule has 1 N–H and O–H groups in total. The minimum absolute atomic E-state index is 0. The second kappa shape index (κ2) is 6.59. The van der Waals surface area contributed by atoms with E-state index in [0.29, 0.717) is 5.82 Å². The average molecular weight is 200 g/mol. The third-order valence-electron chi connectivity index (χ3n) is 1.45. The molecular formula is C9H9N2NaO2. The molecule has 0 aromatic carbocycles. The van der Waals surface area contributed by atoms with E-state index >= 15 is 0 Å². The van der Waals surface area contributed by atoms with Gasteiger partial charge in [0.2, 0.25) is 0 Å². The van der Waals surface area contributed by atoms with Crippen molar-refractivity contribution in [2.24, 2.45) is 0 Å². The first-order valence-electron chi connectivity index (χ1n) is 3.76. The number of carboxylic acids is 1. The number of nitrogens with zero attached hydrogens (tertiary/aromatic N) is 1. The van der Waals surface area contributed by atoms with Crippen LogP contribution in [0.5, 0.6) is 0 Å². The SMILES string of the molecule is Cc1cccnc1NC=CC(=O)[O-].[Na+]. The summed E-state index contributed by atoms with van der Waals surface area (Å²) in [4.78, 5) is 14.0. The number of carbonyl (C=O) groups excluding carboxylic acids is 1. The maximum Gasteiger partial charge on any atom is 1.00 e. The normalized spacial score (nSPS) is 9.50. The first-order valence-corrected chi connectivity index (χ1v) is 3.76. The Morgan fingerprint density at radius 1 is 1.64 bits per heavy atom. The quantitative estimate of drug-likeness (QED) is 0.419. The van der Waals surface area contributed by atoms with Gasteiger partial charge >= 0.3 is 29.6 Å². The van der Waals surface area contributed by atoms with Crippen molar-refractivity contribution in [1.82, 2.24) is 4.98 Å². The van der Waals surface area contributed by atoms with Gasteiger partial charge in [0.25, 0.3) is 0 Å². The minimum Gasteiger partial charge on any atom is -0.545 e. The molecule has 0 fully saturated rings. The molecule has 5 heteroatoms. The van der Waals surface area contributed by atoms with Crippen LogP contribution in [0.3, 0.4) is 0 Å². The first-order chi connectivity index (χ1) is 6.20. The fourth-order valence-corrected chi connectivity index (χ4v) is 0.825. The Hall–Kier alpha value is -0.840. The standard InChI is InChI=1S/C9H10N2O2.Na/c1-7-3-2-5-10-9(7)11-6-4-8(12)13;/h2-6H,1H3,(H,10,11)(H,12,13);/q;+1/p-1. The molecule has 0 aliphatic heterocycles. The molecule has 0 saturated heterocycles. The number of rotatable bonds is 3. The Labute approximate surface area is 104 Å². The summed E-state index contributed by atoms with van der Waals surface area (Å²) in [6.07, 6.45) is 3.82. The number of carboxylic acid groups (broad SMARTS) is 1. The average Bonchev–Trinajstić information content (AvgIpc) is 2.08. The number of aryl methyl sites for hydroxylation is 1. The van der Waals surface area contributed by atoms with Crippen molar-refractivity contribution in [2.75, 3.05) is 5.32 Å². The number of aromatic nitrogens is 1. The third-order valence-corrected chi connectivity index (χ3v) is 1.45. The van der Waals surface area contributed by atoms with Crippen molar-refractivity contribution >= 4 is 11.8 Å². The van der Waals surface area contributed by atoms with Gasteiger partial charge < -0.3 is 15.2 Å². The van der Waals surface area contributed by atoms with Crippen LogP contribution < -0.4 is 40.0 Å². The smallest absolute Gasteiger partial charge is 0.545 e. The van der Waals surface area contributed by atoms with Crippen molar-refractivity contribution in [1.29, 1.82) is 0 Å². The summed E-state index contributed by atoms with van der Waals surface area (Å²) in [6, 6.07) is 3.69. The van der Waals surface area contributed by atoms with Gasteiger partial charge in [-0.1, -0.05) is 6.07 Å². The predicted octanol–water partition coefficient (Wildman–Crippen LogP) is -2.93. The summed E-state index contributed by atoms with van der Waals surface area (Å²) in [6.45, 7) is 1.88. The molecule has 0 unspecified atom stereocenters. The van der Waals surface area contributed by atoms with Gasteiger partial charge in [-0.05, 0) is 24.6 Å². The molecule has 14 heavy (non-hydrogen) atoms. The summed E-state index contributed by atoms with van der Waals surface area (Å²) in [5.41, 5.74) is 0.950. The summed E-state index contributed by atoms with van der Waals surface area (Å²) >= 11 is 0. The van der Waals surface area contributed by atoms with E-state index in [-0.39, 0.29) is 29.6 Å². The minimum atomic E-state index is -1.24. The van der Waals surface area contributed by atoms with Crippen LogP contribution in [0.1, 0.15) is 5.56 Å². The summed E-state index contributed by atoms with van der Waals surface area (Å²) < 4.78 is 0. The molecular weight excluding hydrogens is 191 g/mol. The van der Waals surface area contributed by atoms with E-state index in [0.717, 1.165) is 11.6 Å². The Bertz CT molecular complexity index is 339. The van der Waals surface area contributed by atoms with E-state index < -0.39 is 5.97 Å². The van der Waals surface area contributed by atoms with Crippen LogP contribution in [0.25, 0.3) is 0 Å². The molecule has 0 aliphatic rings. The summed E-state index contributed by atoms with van der Waals surface area (Å²) in [5.74, 6) is -0.596. The van der Waals surface area contributed by atoms with Crippen LogP contribution in [0.4, 0.5) is 5.82 Å². The van der Waals surface area contributed by atoms with Gasteiger partial charge in [-0.2, -0.15) is 0 Å². The second-order valence-electron chi connectivity index (χ2n) is 2.47.